The first kappa shape index (κ1) is 42.2. The number of nitrogens with zero attached hydrogens (tertiary/aromatic N) is 5. The second kappa shape index (κ2) is 18.3. The van der Waals surface area contributed by atoms with Crippen LogP contribution < -0.4 is 56.1 Å². The number of rotatable bonds is 15. The summed E-state index contributed by atoms with van der Waals surface area (Å²) in [5, 5.41) is 61.7. The van der Waals surface area contributed by atoms with E-state index in [0.717, 1.165) is 0 Å². The first-order valence-corrected chi connectivity index (χ1v) is 17.8. The highest BCUT2D eigenvalue weighted by Gasteiger charge is 2.50. The lowest BCUT2D eigenvalue weighted by Gasteiger charge is -2.47. The highest BCUT2D eigenvalue weighted by Crippen LogP contribution is 2.32. The number of aliphatic hydroxyl groups excluding tert-OH is 5. The maximum Gasteiger partial charge on any atom is 0.252 e. The molecular weight excluding hydrogens is 730 g/mol. The van der Waals surface area contributed by atoms with E-state index < -0.39 is 103 Å². The number of nitrogen functional groups attached to an aromatic ring is 1. The minimum absolute atomic E-state index is 0.0266. The second-order valence-corrected chi connectivity index (χ2v) is 13.8. The summed E-state index contributed by atoms with van der Waals surface area (Å²) in [6.45, 7) is 0.0408. The van der Waals surface area contributed by atoms with E-state index in [-0.39, 0.29) is 68.4 Å². The molecule has 15 atom stereocenters. The van der Waals surface area contributed by atoms with Gasteiger partial charge in [-0.05, 0) is 19.3 Å². The summed E-state index contributed by atoms with van der Waals surface area (Å²) >= 11 is 0. The molecule has 2 saturated heterocycles. The summed E-state index contributed by atoms with van der Waals surface area (Å²) in [5.74, 6) is -1.59. The Labute approximate surface area is 314 Å². The van der Waals surface area contributed by atoms with Crippen LogP contribution in [-0.4, -0.2) is 174 Å². The van der Waals surface area contributed by atoms with Gasteiger partial charge in [0.15, 0.2) is 36.0 Å². The van der Waals surface area contributed by atoms with Gasteiger partial charge in [0, 0.05) is 38.3 Å². The Bertz CT molecular complexity index is 1630. The number of carbonyl (C=O) groups is 2. The van der Waals surface area contributed by atoms with Crippen molar-refractivity contribution < 1.29 is 49.3 Å². The summed E-state index contributed by atoms with van der Waals surface area (Å²) in [6.07, 6.45) is -10.3. The van der Waals surface area contributed by atoms with Gasteiger partial charge in [-0.3, -0.25) is 19.1 Å². The lowest BCUT2D eigenvalue weighted by molar-refractivity contribution is -0.279. The van der Waals surface area contributed by atoms with Crippen molar-refractivity contribution in [2.75, 3.05) is 31.9 Å². The van der Waals surface area contributed by atoms with Gasteiger partial charge < -0.3 is 95.8 Å². The number of aliphatic imine (C=N–C) groups is 1. The molecule has 4 heterocycles. The molecule has 55 heavy (non-hydrogen) atoms. The molecule has 0 radical (unpaired) electrons. The summed E-state index contributed by atoms with van der Waals surface area (Å²) in [4.78, 5) is 42.9. The number of nitrogens with one attached hydrogen (secondary N) is 3. The molecule has 308 valence electrons. The quantitative estimate of drug-likeness (QED) is 0.0453. The number of aromatic nitrogens is 4. The number of guanidine groups is 1. The summed E-state index contributed by atoms with van der Waals surface area (Å²) < 4.78 is 18.9. The van der Waals surface area contributed by atoms with Crippen molar-refractivity contribution in [3.05, 3.63) is 12.7 Å². The number of nitrogens with two attached hydrogens (primary N) is 7. The normalized spacial score (nSPS) is 35.7. The van der Waals surface area contributed by atoms with E-state index in [0.29, 0.717) is 0 Å². The first-order valence-electron chi connectivity index (χ1n) is 17.8. The van der Waals surface area contributed by atoms with Gasteiger partial charge in [-0.15, -0.1) is 0 Å². The molecule has 22 N–H and O–H groups in total. The largest absolute Gasteiger partial charge is 0.390 e. The fourth-order valence-electron chi connectivity index (χ4n) is 6.90. The van der Waals surface area contributed by atoms with E-state index in [9.17, 15) is 35.1 Å². The lowest BCUT2D eigenvalue weighted by Crippen LogP contribution is -2.70. The highest BCUT2D eigenvalue weighted by atomic mass is 16.7. The van der Waals surface area contributed by atoms with Crippen LogP contribution in [0.15, 0.2) is 17.6 Å². The minimum atomic E-state index is -1.70. The zero-order chi connectivity index (χ0) is 40.1. The Balaban J connectivity index is 1.21. The molecule has 1 aliphatic carbocycles. The number of ether oxygens (including phenoxy) is 3. The Morgan fingerprint density at radius 3 is 2.44 bits per heavy atom. The number of carbonyl (C=O) groups excluding carboxylic acids is 2. The number of aliphatic hydroxyl groups is 5. The predicted molar refractivity (Wildman–Crippen MR) is 191 cm³/mol. The molecular formula is C30H53N15O10. The van der Waals surface area contributed by atoms with Crippen LogP contribution in [0, 0.1) is 0 Å². The number of anilines is 1. The van der Waals surface area contributed by atoms with Gasteiger partial charge in [0.25, 0.3) is 5.91 Å². The Hall–Kier alpha value is -3.96. The number of amides is 2. The molecule has 0 aromatic carbocycles. The smallest absolute Gasteiger partial charge is 0.252 e. The van der Waals surface area contributed by atoms with Crippen molar-refractivity contribution >= 4 is 34.8 Å². The van der Waals surface area contributed by atoms with Crippen molar-refractivity contribution in [1.29, 1.82) is 0 Å². The molecule has 25 nitrogen and oxygen atoms in total. The van der Waals surface area contributed by atoms with Gasteiger partial charge in [0.1, 0.15) is 48.4 Å². The Morgan fingerprint density at radius 1 is 0.982 bits per heavy atom. The standard InChI is InChI=1S/C30H53N15O10/c31-7-13-18(47)19(48)14(34)29(53-13)55-22-11(33)6-10(32)17(46)15(22)38-4-5-39-26(51)12(2-1-3-40-30(36)37)44-27(52)23-20(49)21(50)28(54-23)45-9-43-16-24(35)41-8-42-25(16)45/h8-15,17-23,28-29,38,46-50H,1-7,31-34H2,(H,39,51)(H,44,52)(H2,35,41,42)(H4,36,37,40)/t10-,11+,12+,13-,14-,15+,17+,18-,19-,20+,21-,22-,23+,28-,29-/m1/s1. The van der Waals surface area contributed by atoms with E-state index >= 15 is 0 Å². The highest BCUT2D eigenvalue weighted by molar-refractivity contribution is 5.90. The fourth-order valence-corrected chi connectivity index (χ4v) is 6.90. The van der Waals surface area contributed by atoms with Crippen molar-refractivity contribution in [2.45, 2.75) is 111 Å². The third kappa shape index (κ3) is 9.37. The lowest BCUT2D eigenvalue weighted by atomic mass is 9.82. The first-order chi connectivity index (χ1) is 26.1. The Morgan fingerprint density at radius 2 is 1.73 bits per heavy atom. The van der Waals surface area contributed by atoms with E-state index in [2.05, 4.69) is 35.9 Å². The number of hydrogen-bond acceptors (Lipinski definition) is 20. The number of hydrogen-bond donors (Lipinski definition) is 15. The summed E-state index contributed by atoms with van der Waals surface area (Å²) in [6, 6.07) is -4.67. The van der Waals surface area contributed by atoms with Gasteiger partial charge in [-0.25, -0.2) is 15.0 Å². The molecule has 0 unspecified atom stereocenters. The van der Waals surface area contributed by atoms with E-state index in [1.54, 1.807) is 0 Å². The van der Waals surface area contributed by atoms with Crippen molar-refractivity contribution in [1.82, 2.24) is 35.5 Å². The molecule has 2 amide bonds. The van der Waals surface area contributed by atoms with Crippen LogP contribution >= 0.6 is 0 Å². The van der Waals surface area contributed by atoms with Gasteiger partial charge in [-0.1, -0.05) is 0 Å². The molecule has 2 aliphatic heterocycles. The van der Waals surface area contributed by atoms with E-state index in [1.807, 2.05) is 0 Å². The van der Waals surface area contributed by atoms with Crippen LogP contribution in [0.3, 0.4) is 0 Å². The van der Waals surface area contributed by atoms with Crippen molar-refractivity contribution in [3.63, 3.8) is 0 Å². The van der Waals surface area contributed by atoms with Crippen LogP contribution in [0.25, 0.3) is 11.2 Å². The van der Waals surface area contributed by atoms with Crippen molar-refractivity contribution in [3.8, 4) is 0 Å². The van der Waals surface area contributed by atoms with Crippen molar-refractivity contribution in [2.24, 2.45) is 39.4 Å². The summed E-state index contributed by atoms with van der Waals surface area (Å²) in [7, 11) is 0. The minimum Gasteiger partial charge on any atom is -0.390 e. The maximum absolute atomic E-state index is 13.5. The number of fused-ring (bicyclic) bond motifs is 1. The molecule has 2 aromatic rings. The van der Waals surface area contributed by atoms with Crippen LogP contribution in [0.4, 0.5) is 5.82 Å². The van der Waals surface area contributed by atoms with Gasteiger partial charge in [0.05, 0.1) is 30.6 Å². The fraction of sp³-hybridized carbons (Fsp3) is 0.733. The SMILES string of the molecule is NC[C@H]1O[C@H](O[C@H]2[C@@H](NCCNC(=O)[C@H](CCCN=C(N)N)NC(=O)[C@H]3O[C@@H](n4cnc5c(N)ncnc54)[C@H](O)[C@@H]3O)[C@@H](O)[C@H](N)C[C@@H]2N)[C@H](N)[C@@H](O)[C@@H]1O. The molecule has 2 aromatic heterocycles. The summed E-state index contributed by atoms with van der Waals surface area (Å²) in [5.41, 5.74) is 41.4. The third-order valence-electron chi connectivity index (χ3n) is 9.94. The monoisotopic (exact) mass is 783 g/mol. The average molecular weight is 784 g/mol. The molecule has 0 spiro atoms. The molecule has 5 rings (SSSR count). The topological polar surface area (TPSA) is 437 Å². The molecule has 1 saturated carbocycles. The van der Waals surface area contributed by atoms with Gasteiger partial charge in [-0.2, -0.15) is 0 Å². The number of imidazole rings is 1. The Kier molecular flexibility index (Phi) is 14.1. The van der Waals surface area contributed by atoms with Gasteiger partial charge in [0.2, 0.25) is 5.91 Å². The van der Waals surface area contributed by atoms with Gasteiger partial charge >= 0.3 is 0 Å². The maximum atomic E-state index is 13.5. The zero-order valence-corrected chi connectivity index (χ0v) is 29.8. The third-order valence-corrected chi connectivity index (χ3v) is 9.94. The molecule has 0 bridgehead atoms. The predicted octanol–water partition coefficient (Wildman–Crippen LogP) is -8.82. The average Bonchev–Trinajstić information content (AvgIpc) is 3.71. The van der Waals surface area contributed by atoms with Crippen LogP contribution in [0.1, 0.15) is 25.5 Å². The van der Waals surface area contributed by atoms with E-state index in [4.69, 9.17) is 54.3 Å². The van der Waals surface area contributed by atoms with E-state index in [1.165, 1.54) is 17.2 Å². The second-order valence-electron chi connectivity index (χ2n) is 13.8. The van der Waals surface area contributed by atoms with Crippen LogP contribution in [0.2, 0.25) is 0 Å². The zero-order valence-electron chi connectivity index (χ0n) is 29.8. The van der Waals surface area contributed by atoms with Crippen LogP contribution in [-0.2, 0) is 23.8 Å². The molecule has 25 heteroatoms. The molecule has 3 fully saturated rings. The van der Waals surface area contributed by atoms with Crippen LogP contribution in [0.5, 0.6) is 0 Å². The molecule has 3 aliphatic rings.